The van der Waals surface area contributed by atoms with Crippen molar-refractivity contribution in [2.24, 2.45) is 11.1 Å². The fourth-order valence-corrected chi connectivity index (χ4v) is 2.52. The molecule has 0 radical (unpaired) electrons. The van der Waals surface area contributed by atoms with Gasteiger partial charge < -0.3 is 5.73 Å². The summed E-state index contributed by atoms with van der Waals surface area (Å²) < 4.78 is 0. The van der Waals surface area contributed by atoms with E-state index in [0.717, 1.165) is 6.54 Å². The third kappa shape index (κ3) is 3.30. The molecule has 2 unspecified atom stereocenters. The van der Waals surface area contributed by atoms with Crippen LogP contribution in [-0.2, 0) is 0 Å². The van der Waals surface area contributed by atoms with Crippen molar-refractivity contribution in [3.8, 4) is 0 Å². The predicted octanol–water partition coefficient (Wildman–Crippen LogP) is 3.11. The Hall–Kier alpha value is -0.380. The minimum atomic E-state index is 0.153. The Morgan fingerprint density at radius 1 is 1.44 bits per heavy atom. The van der Waals surface area contributed by atoms with Crippen molar-refractivity contribution < 1.29 is 0 Å². The second-order valence-corrected chi connectivity index (χ2v) is 6.36. The maximum Gasteiger partial charge on any atom is 0.0410 e. The summed E-state index contributed by atoms with van der Waals surface area (Å²) in [7, 11) is 2.18. The molecule has 92 valence electrons. The third-order valence-corrected chi connectivity index (χ3v) is 4.55. The summed E-state index contributed by atoms with van der Waals surface area (Å²) in [6.45, 7) is 9.82. The topological polar surface area (TPSA) is 29.3 Å². The maximum atomic E-state index is 6.01. The largest absolute Gasteiger partial charge is 0.327 e. The first kappa shape index (κ1) is 13.7. The number of rotatable bonds is 5. The standard InChI is InChI=1S/C13H24N2S/c1-10(12-7-6-8-16-12)15(5)9-13(3,4)11(2)14/h6-8,10-11H,9,14H2,1-5H3. The molecule has 0 aliphatic rings. The molecule has 0 aliphatic heterocycles. The van der Waals surface area contributed by atoms with Gasteiger partial charge in [0.1, 0.15) is 0 Å². The van der Waals surface area contributed by atoms with Crippen molar-refractivity contribution in [3.05, 3.63) is 22.4 Å². The van der Waals surface area contributed by atoms with Crippen molar-refractivity contribution >= 4 is 11.3 Å². The minimum absolute atomic E-state index is 0.153. The molecular formula is C13H24N2S. The predicted molar refractivity (Wildman–Crippen MR) is 72.8 cm³/mol. The van der Waals surface area contributed by atoms with Crippen molar-refractivity contribution in [1.82, 2.24) is 4.90 Å². The molecule has 16 heavy (non-hydrogen) atoms. The first-order valence-electron chi connectivity index (χ1n) is 5.84. The summed E-state index contributed by atoms with van der Waals surface area (Å²) in [5.41, 5.74) is 6.17. The van der Waals surface area contributed by atoms with E-state index in [1.54, 1.807) is 0 Å². The van der Waals surface area contributed by atoms with Gasteiger partial charge in [0.05, 0.1) is 0 Å². The van der Waals surface area contributed by atoms with Gasteiger partial charge in [-0.15, -0.1) is 11.3 Å². The van der Waals surface area contributed by atoms with Crippen LogP contribution < -0.4 is 5.73 Å². The van der Waals surface area contributed by atoms with Gasteiger partial charge >= 0.3 is 0 Å². The van der Waals surface area contributed by atoms with E-state index >= 15 is 0 Å². The van der Waals surface area contributed by atoms with Gasteiger partial charge in [-0.3, -0.25) is 4.90 Å². The zero-order valence-electron chi connectivity index (χ0n) is 11.0. The van der Waals surface area contributed by atoms with Crippen LogP contribution in [0.1, 0.15) is 38.6 Å². The SMILES string of the molecule is CC(c1cccs1)N(C)CC(C)(C)C(C)N. The normalized spacial score (nSPS) is 16.4. The fraction of sp³-hybridized carbons (Fsp3) is 0.692. The molecule has 1 aromatic heterocycles. The summed E-state index contributed by atoms with van der Waals surface area (Å²) in [6.07, 6.45) is 0. The molecule has 3 heteroatoms. The van der Waals surface area contributed by atoms with Gasteiger partial charge in [-0.25, -0.2) is 0 Å². The molecule has 0 aromatic carbocycles. The van der Waals surface area contributed by atoms with Crippen LogP contribution >= 0.6 is 11.3 Å². The number of nitrogens with zero attached hydrogens (tertiary/aromatic N) is 1. The highest BCUT2D eigenvalue weighted by Gasteiger charge is 2.26. The Kier molecular flexibility index (Phi) is 4.53. The molecule has 2 N–H and O–H groups in total. The van der Waals surface area contributed by atoms with Gasteiger partial charge in [0.2, 0.25) is 0 Å². The molecule has 2 atom stereocenters. The van der Waals surface area contributed by atoms with E-state index in [4.69, 9.17) is 5.73 Å². The maximum absolute atomic E-state index is 6.01. The van der Waals surface area contributed by atoms with Crippen LogP contribution in [0.5, 0.6) is 0 Å². The van der Waals surface area contributed by atoms with Crippen LogP contribution in [-0.4, -0.2) is 24.5 Å². The van der Waals surface area contributed by atoms with Crippen LogP contribution in [0, 0.1) is 5.41 Å². The molecule has 0 saturated heterocycles. The molecule has 0 saturated carbocycles. The van der Waals surface area contributed by atoms with Gasteiger partial charge in [-0.05, 0) is 37.8 Å². The molecule has 1 aromatic rings. The first-order chi connectivity index (χ1) is 7.34. The number of hydrogen-bond acceptors (Lipinski definition) is 3. The van der Waals surface area contributed by atoms with Crippen LogP contribution in [0.4, 0.5) is 0 Å². The highest BCUT2D eigenvalue weighted by molar-refractivity contribution is 7.10. The van der Waals surface area contributed by atoms with E-state index in [1.165, 1.54) is 4.88 Å². The zero-order chi connectivity index (χ0) is 12.3. The summed E-state index contributed by atoms with van der Waals surface area (Å²) in [4.78, 5) is 3.80. The highest BCUT2D eigenvalue weighted by Crippen LogP contribution is 2.28. The van der Waals surface area contributed by atoms with E-state index in [-0.39, 0.29) is 11.5 Å². The van der Waals surface area contributed by atoms with Gasteiger partial charge in [-0.2, -0.15) is 0 Å². The second kappa shape index (κ2) is 5.30. The van der Waals surface area contributed by atoms with E-state index in [9.17, 15) is 0 Å². The number of nitrogens with two attached hydrogens (primary N) is 1. The summed E-state index contributed by atoms with van der Waals surface area (Å²) >= 11 is 1.82. The molecule has 1 heterocycles. The van der Waals surface area contributed by atoms with Crippen molar-refractivity contribution in [2.45, 2.75) is 39.8 Å². The summed E-state index contributed by atoms with van der Waals surface area (Å²) in [5.74, 6) is 0. The molecule has 1 rings (SSSR count). The van der Waals surface area contributed by atoms with Crippen molar-refractivity contribution in [3.63, 3.8) is 0 Å². The van der Waals surface area contributed by atoms with Crippen LogP contribution in [0.2, 0.25) is 0 Å². The fourth-order valence-electron chi connectivity index (χ4n) is 1.67. The molecule has 0 spiro atoms. The Morgan fingerprint density at radius 3 is 2.50 bits per heavy atom. The first-order valence-corrected chi connectivity index (χ1v) is 6.72. The molecule has 0 fully saturated rings. The Balaban J connectivity index is 2.62. The Morgan fingerprint density at radius 2 is 2.06 bits per heavy atom. The second-order valence-electron chi connectivity index (χ2n) is 5.38. The number of thiophene rings is 1. The average molecular weight is 240 g/mol. The third-order valence-electron chi connectivity index (χ3n) is 3.51. The molecule has 2 nitrogen and oxygen atoms in total. The Labute approximate surface area is 103 Å². The molecule has 0 aliphatic carbocycles. The zero-order valence-corrected chi connectivity index (χ0v) is 11.8. The van der Waals surface area contributed by atoms with Gasteiger partial charge in [0.15, 0.2) is 0 Å². The lowest BCUT2D eigenvalue weighted by molar-refractivity contribution is 0.151. The van der Waals surface area contributed by atoms with Crippen LogP contribution in [0.3, 0.4) is 0 Å². The van der Waals surface area contributed by atoms with Gasteiger partial charge in [0.25, 0.3) is 0 Å². The molecular weight excluding hydrogens is 216 g/mol. The quantitative estimate of drug-likeness (QED) is 0.857. The van der Waals surface area contributed by atoms with Gasteiger partial charge in [0, 0.05) is 23.5 Å². The molecule has 0 amide bonds. The lowest BCUT2D eigenvalue weighted by atomic mass is 9.85. The minimum Gasteiger partial charge on any atom is -0.327 e. The lowest BCUT2D eigenvalue weighted by Crippen LogP contribution is -2.43. The number of hydrogen-bond donors (Lipinski definition) is 1. The van der Waals surface area contributed by atoms with E-state index in [2.05, 4.69) is 57.2 Å². The van der Waals surface area contributed by atoms with Crippen molar-refractivity contribution in [2.75, 3.05) is 13.6 Å². The molecule has 0 bridgehead atoms. The van der Waals surface area contributed by atoms with E-state index in [0.29, 0.717) is 6.04 Å². The summed E-state index contributed by atoms with van der Waals surface area (Å²) in [6, 6.07) is 5.00. The average Bonchev–Trinajstić information content (AvgIpc) is 2.68. The summed E-state index contributed by atoms with van der Waals surface area (Å²) in [5, 5.41) is 2.14. The monoisotopic (exact) mass is 240 g/mol. The highest BCUT2D eigenvalue weighted by atomic mass is 32.1. The van der Waals surface area contributed by atoms with Crippen LogP contribution in [0.15, 0.2) is 17.5 Å². The lowest BCUT2D eigenvalue weighted by Gasteiger charge is -2.36. The smallest absolute Gasteiger partial charge is 0.0410 e. The Bertz CT molecular complexity index is 304. The van der Waals surface area contributed by atoms with E-state index < -0.39 is 0 Å². The van der Waals surface area contributed by atoms with Crippen LogP contribution in [0.25, 0.3) is 0 Å². The van der Waals surface area contributed by atoms with Crippen molar-refractivity contribution in [1.29, 1.82) is 0 Å². The van der Waals surface area contributed by atoms with Gasteiger partial charge in [-0.1, -0.05) is 19.9 Å². The van der Waals surface area contributed by atoms with E-state index in [1.807, 2.05) is 11.3 Å².